The van der Waals surface area contributed by atoms with Gasteiger partial charge in [0.2, 0.25) is 0 Å². The van der Waals surface area contributed by atoms with E-state index >= 15 is 0 Å². The molecule has 3 aromatic carbocycles. The molecule has 0 radical (unpaired) electrons. The van der Waals surface area contributed by atoms with Crippen molar-refractivity contribution in [2.45, 2.75) is 32.6 Å². The van der Waals surface area contributed by atoms with E-state index in [-0.39, 0.29) is 0 Å². The fraction of sp³-hybridized carbons (Fsp3) is 0.257. The molecule has 2 nitrogen and oxygen atoms in total. The van der Waals surface area contributed by atoms with Crippen molar-refractivity contribution in [3.8, 4) is 0 Å². The maximum absolute atomic E-state index is 5.52. The van der Waals surface area contributed by atoms with Crippen LogP contribution in [-0.2, 0) is 17.6 Å². The highest BCUT2D eigenvalue weighted by atomic mass is 16.5. The summed E-state index contributed by atoms with van der Waals surface area (Å²) in [6.45, 7) is 16.3. The summed E-state index contributed by atoms with van der Waals surface area (Å²) in [7, 11) is 0. The number of hydrogen-bond acceptors (Lipinski definition) is 2. The van der Waals surface area contributed by atoms with Gasteiger partial charge in [-0.25, -0.2) is 0 Å². The Kier molecular flexibility index (Phi) is 7.58. The van der Waals surface area contributed by atoms with Gasteiger partial charge in [0.1, 0.15) is 0 Å². The summed E-state index contributed by atoms with van der Waals surface area (Å²) in [5.74, 6) is 0.309. The lowest BCUT2D eigenvalue weighted by molar-refractivity contribution is 0.0556. The second-order valence-electron chi connectivity index (χ2n) is 10.3. The van der Waals surface area contributed by atoms with Gasteiger partial charge in [-0.15, -0.1) is 0 Å². The Morgan fingerprint density at radius 2 is 1.51 bits per heavy atom. The molecule has 1 fully saturated rings. The number of nitrogens with zero attached hydrogens (tertiary/aromatic N) is 1. The van der Waals surface area contributed by atoms with E-state index in [1.165, 1.54) is 44.5 Å². The topological polar surface area (TPSA) is 12.5 Å². The van der Waals surface area contributed by atoms with Gasteiger partial charge in [0.05, 0.1) is 13.2 Å². The number of ether oxygens (including phenoxy) is 1. The minimum atomic E-state index is 0.309. The lowest BCUT2D eigenvalue weighted by Gasteiger charge is -2.29. The van der Waals surface area contributed by atoms with Gasteiger partial charge in [0.25, 0.3) is 0 Å². The molecular weight excluding hydrogens is 450 g/mol. The van der Waals surface area contributed by atoms with Gasteiger partial charge in [-0.05, 0) is 77.3 Å². The largest absolute Gasteiger partial charge is 0.378 e. The molecule has 1 saturated heterocycles. The van der Waals surface area contributed by atoms with Gasteiger partial charge in [0, 0.05) is 24.7 Å². The van der Waals surface area contributed by atoms with Crippen LogP contribution in [-0.4, -0.2) is 31.2 Å². The van der Waals surface area contributed by atoms with E-state index < -0.39 is 0 Å². The van der Waals surface area contributed by atoms with Crippen LogP contribution in [0.25, 0.3) is 11.6 Å². The van der Waals surface area contributed by atoms with Crippen LogP contribution < -0.4 is 0 Å². The van der Waals surface area contributed by atoms with Crippen LogP contribution in [0.1, 0.15) is 53.1 Å². The van der Waals surface area contributed by atoms with Crippen molar-refractivity contribution in [3.63, 3.8) is 0 Å². The highest BCUT2D eigenvalue weighted by Crippen LogP contribution is 2.39. The standard InChI is InChI=1S/C35H37NO/c1-25(2)31-23-34-30(22-33(28-11-7-5-8-12-28)29-13-9-6-10-14-29)15-16-32(35(34)24-31)26(3)21-27(4)36-17-19-37-20-18-36/h5-16,21,24,33H,1,4,17-20,22-23H2,2-3H3/b26-21+. The highest BCUT2D eigenvalue weighted by Gasteiger charge is 2.24. The Labute approximate surface area is 222 Å². The first-order valence-electron chi connectivity index (χ1n) is 13.3. The van der Waals surface area contributed by atoms with Crippen molar-refractivity contribution in [3.05, 3.63) is 142 Å². The van der Waals surface area contributed by atoms with Crippen molar-refractivity contribution in [1.29, 1.82) is 0 Å². The van der Waals surface area contributed by atoms with E-state index in [1.54, 1.807) is 0 Å². The van der Waals surface area contributed by atoms with Crippen LogP contribution in [0.5, 0.6) is 0 Å². The van der Waals surface area contributed by atoms with Crippen LogP contribution in [0.4, 0.5) is 0 Å². The molecule has 0 amide bonds. The number of benzene rings is 3. The molecule has 0 N–H and O–H groups in total. The zero-order valence-corrected chi connectivity index (χ0v) is 22.2. The molecule has 0 atom stereocenters. The molecular formula is C35H37NO. The molecule has 1 heterocycles. The van der Waals surface area contributed by atoms with Gasteiger partial charge >= 0.3 is 0 Å². The summed E-state index contributed by atoms with van der Waals surface area (Å²) in [5, 5.41) is 0. The van der Waals surface area contributed by atoms with Crippen LogP contribution >= 0.6 is 0 Å². The van der Waals surface area contributed by atoms with E-state index in [0.717, 1.165) is 50.4 Å². The van der Waals surface area contributed by atoms with Gasteiger partial charge < -0.3 is 9.64 Å². The van der Waals surface area contributed by atoms with Gasteiger partial charge in [0.15, 0.2) is 0 Å². The Balaban J connectivity index is 1.52. The third-order valence-corrected chi connectivity index (χ3v) is 7.74. The molecule has 2 heteroatoms. The Bertz CT molecular complexity index is 1300. The quantitative estimate of drug-likeness (QED) is 0.300. The Morgan fingerprint density at radius 3 is 2.11 bits per heavy atom. The second-order valence-corrected chi connectivity index (χ2v) is 10.3. The highest BCUT2D eigenvalue weighted by molar-refractivity contribution is 5.81. The Hall–Kier alpha value is -3.62. The monoisotopic (exact) mass is 487 g/mol. The molecule has 0 spiro atoms. The fourth-order valence-corrected chi connectivity index (χ4v) is 5.60. The summed E-state index contributed by atoms with van der Waals surface area (Å²) >= 11 is 0. The second kappa shape index (κ2) is 11.2. The van der Waals surface area contributed by atoms with Gasteiger partial charge in [-0.2, -0.15) is 0 Å². The fourth-order valence-electron chi connectivity index (χ4n) is 5.60. The lowest BCUT2D eigenvalue weighted by Crippen LogP contribution is -2.34. The van der Waals surface area contributed by atoms with Crippen molar-refractivity contribution >= 4 is 11.6 Å². The van der Waals surface area contributed by atoms with Crippen LogP contribution in [0.15, 0.2) is 109 Å². The predicted octanol–water partition coefficient (Wildman–Crippen LogP) is 7.83. The van der Waals surface area contributed by atoms with Crippen LogP contribution in [0, 0.1) is 0 Å². The Morgan fingerprint density at radius 1 is 0.892 bits per heavy atom. The normalized spacial score (nSPS) is 15.5. The van der Waals surface area contributed by atoms with Crippen LogP contribution in [0.2, 0.25) is 0 Å². The maximum Gasteiger partial charge on any atom is 0.0642 e. The summed E-state index contributed by atoms with van der Waals surface area (Å²) in [5.41, 5.74) is 13.0. The maximum atomic E-state index is 5.52. The summed E-state index contributed by atoms with van der Waals surface area (Å²) in [4.78, 5) is 2.32. The molecule has 3 aromatic rings. The first kappa shape index (κ1) is 25.0. The van der Waals surface area contributed by atoms with E-state index in [9.17, 15) is 0 Å². The molecule has 188 valence electrons. The van der Waals surface area contributed by atoms with E-state index in [1.807, 2.05) is 0 Å². The zero-order chi connectivity index (χ0) is 25.8. The summed E-state index contributed by atoms with van der Waals surface area (Å²) in [6, 6.07) is 26.5. The first-order valence-corrected chi connectivity index (χ1v) is 13.3. The van der Waals surface area contributed by atoms with Crippen molar-refractivity contribution in [1.82, 2.24) is 4.90 Å². The molecule has 0 bridgehead atoms. The van der Waals surface area contributed by atoms with E-state index in [2.05, 4.69) is 117 Å². The van der Waals surface area contributed by atoms with Crippen molar-refractivity contribution in [2.75, 3.05) is 26.3 Å². The third-order valence-electron chi connectivity index (χ3n) is 7.74. The molecule has 0 aromatic heterocycles. The van der Waals surface area contributed by atoms with Crippen molar-refractivity contribution < 1.29 is 4.74 Å². The third kappa shape index (κ3) is 5.55. The molecule has 5 rings (SSSR count). The SMILES string of the molecule is C=C(C)C1=Cc2c(/C(C)=C/C(=C)N3CCOCC3)ccc(CC(c3ccccc3)c3ccccc3)c2C1. The average molecular weight is 488 g/mol. The van der Waals surface area contributed by atoms with E-state index in [0.29, 0.717) is 5.92 Å². The number of rotatable bonds is 8. The number of allylic oxidation sites excluding steroid dienone is 4. The lowest BCUT2D eigenvalue weighted by atomic mass is 9.83. The summed E-state index contributed by atoms with van der Waals surface area (Å²) in [6.07, 6.45) is 6.52. The molecule has 1 aliphatic heterocycles. The zero-order valence-electron chi connectivity index (χ0n) is 22.2. The smallest absolute Gasteiger partial charge is 0.0642 e. The van der Waals surface area contributed by atoms with Gasteiger partial charge in [-0.3, -0.25) is 0 Å². The molecule has 0 unspecified atom stereocenters. The van der Waals surface area contributed by atoms with Crippen LogP contribution in [0.3, 0.4) is 0 Å². The van der Waals surface area contributed by atoms with Gasteiger partial charge in [-0.1, -0.05) is 97.6 Å². The predicted molar refractivity (Wildman–Crippen MR) is 157 cm³/mol. The molecule has 37 heavy (non-hydrogen) atoms. The average Bonchev–Trinajstić information content (AvgIpc) is 3.39. The first-order chi connectivity index (χ1) is 18.0. The molecule has 2 aliphatic rings. The van der Waals surface area contributed by atoms with E-state index in [4.69, 9.17) is 4.74 Å². The summed E-state index contributed by atoms with van der Waals surface area (Å²) < 4.78 is 5.52. The number of hydrogen-bond donors (Lipinski definition) is 0. The minimum Gasteiger partial charge on any atom is -0.378 e. The molecule has 1 aliphatic carbocycles. The number of morpholine rings is 1. The number of fused-ring (bicyclic) bond motifs is 1. The van der Waals surface area contributed by atoms with Crippen molar-refractivity contribution in [2.24, 2.45) is 0 Å². The molecule has 0 saturated carbocycles. The minimum absolute atomic E-state index is 0.309.